The number of carbonyl (C=O) groups is 15. The molecule has 14 atom stereocenters. The third-order valence-electron chi connectivity index (χ3n) is 23.4. The average molecular weight is 1710 g/mol. The number of ketones is 1. The standard InChI is InChI=1S/C88H128N18O17/c1-11-13-26-70-82(117)97-64(38-50(3)4)79(114)92-36-20-19-29-76(111)95-66(40-53-30-32-57(107)33-31-53)84(119)102(8)52(7)77(112)98-68(45-75(91)110)86(121)105-37-21-28-71(105)83(118)101-69(46-90)81(116)99-65(39-51(5)6)87(122)106-49-58(108)44-73(106)74(109)43-54(41-55-47-93-61-24-17-15-22-59(55)61)78(113)96-63(34-35-89)80(115)100-67(42-56-48-94-62-25-18-16-23-60(56)62)85(120)104(10)72(27-14-12-2)88(123)103(70)9/h15-18,22-25,30-33,47-48,50-52,54,58,63-73,93-94,107-108H,11-14,19-21,26-29,34-46,49,89-90H2,1-10H3,(H2,91,110)(H,92,114)(H,95,111)(H,96,113)(H,97,117)(H,98,112)(H,99,116)(H,100,115)(H,101,118)/t52-,54+,58+,63-,64-,65-,66-,67-,68-,69-,70-,71-,72-,73-/m0/s1. The van der Waals surface area contributed by atoms with Gasteiger partial charge in [0.2, 0.25) is 82.7 Å². The number of aliphatic hydroxyl groups is 1. The molecular weight excluding hydrogens is 1580 g/mol. The van der Waals surface area contributed by atoms with E-state index in [0.717, 1.165) is 25.6 Å². The van der Waals surface area contributed by atoms with Crippen LogP contribution in [0.25, 0.3) is 21.8 Å². The summed E-state index contributed by atoms with van der Waals surface area (Å²) in [5, 5.41) is 45.2. The average Bonchev–Trinajstić information content (AvgIpc) is 1.66. The van der Waals surface area contributed by atoms with Crippen LogP contribution in [0.15, 0.2) is 85.2 Å². The highest BCUT2D eigenvalue weighted by atomic mass is 16.3. The van der Waals surface area contributed by atoms with Gasteiger partial charge in [-0.2, -0.15) is 0 Å². The zero-order valence-electron chi connectivity index (χ0n) is 72.5. The fourth-order valence-corrected chi connectivity index (χ4v) is 16.4. The van der Waals surface area contributed by atoms with E-state index in [9.17, 15) is 53.4 Å². The molecule has 123 heavy (non-hydrogen) atoms. The lowest BCUT2D eigenvalue weighted by Crippen LogP contribution is -2.61. The van der Waals surface area contributed by atoms with Crippen LogP contribution in [-0.2, 0) is 91.2 Å². The first-order valence-electron chi connectivity index (χ1n) is 43.2. The van der Waals surface area contributed by atoms with Gasteiger partial charge in [0.15, 0.2) is 5.78 Å². The van der Waals surface area contributed by atoms with Crippen molar-refractivity contribution in [2.45, 2.75) is 255 Å². The second-order valence-corrected chi connectivity index (χ2v) is 33.8. The van der Waals surface area contributed by atoms with Gasteiger partial charge in [0.1, 0.15) is 72.2 Å². The molecular formula is C88H128N18O17. The summed E-state index contributed by atoms with van der Waals surface area (Å²) in [7, 11) is 4.22. The number of benzene rings is 3. The van der Waals surface area contributed by atoms with E-state index in [1.54, 1.807) is 44.4 Å². The second-order valence-electron chi connectivity index (χ2n) is 33.8. The molecule has 0 radical (unpaired) electrons. The molecule has 0 unspecified atom stereocenters. The van der Waals surface area contributed by atoms with Gasteiger partial charge in [0.05, 0.1) is 18.6 Å². The molecule has 8 rings (SSSR count). The summed E-state index contributed by atoms with van der Waals surface area (Å²) >= 11 is 0. The summed E-state index contributed by atoms with van der Waals surface area (Å²) in [6.45, 7) is 11.4. The maximum absolute atomic E-state index is 15.7. The van der Waals surface area contributed by atoms with Crippen LogP contribution in [0.4, 0.5) is 0 Å². The van der Waals surface area contributed by atoms with E-state index in [1.165, 1.54) is 50.0 Å². The van der Waals surface area contributed by atoms with Gasteiger partial charge in [0.25, 0.3) is 0 Å². The number of aliphatic hydroxyl groups excluding tert-OH is 1. The number of hydrogen-bond donors (Lipinski definition) is 15. The number of aromatic amines is 2. The molecule has 0 aliphatic carbocycles. The summed E-state index contributed by atoms with van der Waals surface area (Å²) in [5.41, 5.74) is 21.3. The van der Waals surface area contributed by atoms with E-state index in [1.807, 2.05) is 70.2 Å². The van der Waals surface area contributed by atoms with E-state index >= 15 is 28.8 Å². The Kier molecular flexibility index (Phi) is 36.5. The maximum atomic E-state index is 15.7. The minimum atomic E-state index is -1.69. The number of aromatic nitrogens is 2. The van der Waals surface area contributed by atoms with Crippen molar-refractivity contribution in [2.24, 2.45) is 35.0 Å². The number of unbranched alkanes of at least 4 members (excludes halogenated alkanes) is 2. The number of para-hydroxylation sites is 2. The molecule has 14 amide bonds. The van der Waals surface area contributed by atoms with Crippen molar-refractivity contribution in [3.05, 3.63) is 102 Å². The topological polar surface area (TPSA) is 519 Å². The number of amides is 14. The summed E-state index contributed by atoms with van der Waals surface area (Å²) in [4.78, 5) is 233. The Balaban J connectivity index is 1.15. The van der Waals surface area contributed by atoms with E-state index in [0.29, 0.717) is 53.3 Å². The van der Waals surface area contributed by atoms with E-state index in [2.05, 4.69) is 52.5 Å². The van der Waals surface area contributed by atoms with E-state index in [4.69, 9.17) is 17.2 Å². The van der Waals surface area contributed by atoms with Crippen molar-refractivity contribution in [3.8, 4) is 5.75 Å². The molecule has 2 aromatic heterocycles. The Hall–Kier alpha value is -11.3. The number of aromatic hydroxyl groups is 1. The smallest absolute Gasteiger partial charge is 0.246 e. The van der Waals surface area contributed by atoms with Crippen molar-refractivity contribution in [2.75, 3.05) is 53.9 Å². The zero-order chi connectivity index (χ0) is 90.1. The van der Waals surface area contributed by atoms with Crippen molar-refractivity contribution >= 4 is 110 Å². The Morgan fingerprint density at radius 3 is 1.67 bits per heavy atom. The quantitative estimate of drug-likeness (QED) is 0.0498. The molecule has 18 N–H and O–H groups in total. The van der Waals surface area contributed by atoms with Crippen LogP contribution in [0.5, 0.6) is 5.75 Å². The molecule has 0 spiro atoms. The molecule has 35 heteroatoms. The number of fused-ring (bicyclic) bond motifs is 4. The predicted molar refractivity (Wildman–Crippen MR) is 460 cm³/mol. The normalized spacial score (nSPS) is 25.7. The number of carbonyl (C=O) groups excluding carboxylic acids is 15. The lowest BCUT2D eigenvalue weighted by Gasteiger charge is -2.36. The monoisotopic (exact) mass is 1710 g/mol. The van der Waals surface area contributed by atoms with Crippen molar-refractivity contribution in [1.29, 1.82) is 0 Å². The fourth-order valence-electron chi connectivity index (χ4n) is 16.4. The van der Waals surface area contributed by atoms with Gasteiger partial charge in [-0.25, -0.2) is 0 Å². The number of likely N-dealkylation sites (N-methyl/N-ethyl adjacent to an activating group) is 3. The highest BCUT2D eigenvalue weighted by molar-refractivity contribution is 6.02. The number of rotatable bonds is 21. The van der Waals surface area contributed by atoms with Gasteiger partial charge in [-0.05, 0) is 130 Å². The fraction of sp³-hybridized carbons (Fsp3) is 0.580. The second kappa shape index (κ2) is 46.2. The van der Waals surface area contributed by atoms with Crippen LogP contribution < -0.4 is 59.7 Å². The highest BCUT2D eigenvalue weighted by Gasteiger charge is 2.46. The van der Waals surface area contributed by atoms with Crippen LogP contribution in [0.1, 0.15) is 174 Å². The first-order chi connectivity index (χ1) is 58.6. The minimum absolute atomic E-state index is 0.0296. The number of H-pyrrole nitrogens is 2. The summed E-state index contributed by atoms with van der Waals surface area (Å²) in [6.07, 6.45) is 3.15. The van der Waals surface area contributed by atoms with E-state index in [-0.39, 0.29) is 134 Å². The Labute approximate surface area is 718 Å². The van der Waals surface area contributed by atoms with Crippen LogP contribution >= 0.6 is 0 Å². The molecule has 35 nitrogen and oxygen atoms in total. The molecule has 0 saturated carbocycles. The lowest BCUT2D eigenvalue weighted by atomic mass is 9.90. The lowest BCUT2D eigenvalue weighted by molar-refractivity contribution is -0.149. The first kappa shape index (κ1) is 97.1. The zero-order valence-corrected chi connectivity index (χ0v) is 72.5. The Bertz CT molecular complexity index is 4530. The van der Waals surface area contributed by atoms with Gasteiger partial charge in [-0.3, -0.25) is 71.9 Å². The Morgan fingerprint density at radius 1 is 0.520 bits per heavy atom. The SMILES string of the molecule is CCCC[C@H]1C(=O)N(C)[C@@H](CCCC)C(=O)N[C@@H](CC(C)C)C(=O)NCCCCC(=O)N[C@@H](Cc2ccc(O)cc2)C(=O)N(C)[C@@H](C)C(=O)N[C@@H](CC(N)=O)C(=O)N2CCC[C@H]2C(=O)N[C@@H](CN)C(=O)N[C@@H](CC(C)C)C(=O)N2C[C@H](O)C[C@H]2C(=O)C[C@@H](Cc2c[nH]c3ccccc23)C(=O)N[C@@H](CCN)C(=O)N[C@@H](Cc2c[nH]c3ccccc23)C(=O)N1C. The maximum Gasteiger partial charge on any atom is 0.246 e. The van der Waals surface area contributed by atoms with Gasteiger partial charge in [0, 0.05) is 120 Å². The predicted octanol–water partition coefficient (Wildman–Crippen LogP) is 1.76. The molecule has 3 aromatic carbocycles. The molecule has 3 saturated heterocycles. The third kappa shape index (κ3) is 26.6. The third-order valence-corrected chi connectivity index (χ3v) is 23.4. The summed E-state index contributed by atoms with van der Waals surface area (Å²) < 4.78 is 0. The number of nitrogens with zero attached hydrogens (tertiary/aromatic N) is 5. The van der Waals surface area contributed by atoms with Crippen LogP contribution in [-0.4, -0.2) is 266 Å². The van der Waals surface area contributed by atoms with Gasteiger partial charge < -0.3 is 104 Å². The molecule has 0 bridgehead atoms. The number of phenolic OH excluding ortho intramolecular Hbond substituents is 1. The van der Waals surface area contributed by atoms with E-state index < -0.39 is 192 Å². The van der Waals surface area contributed by atoms with Gasteiger partial charge in [-0.15, -0.1) is 0 Å². The van der Waals surface area contributed by atoms with Gasteiger partial charge in [-0.1, -0.05) is 116 Å². The molecule has 5 aromatic rings. The molecule has 3 aliphatic rings. The summed E-state index contributed by atoms with van der Waals surface area (Å²) in [6, 6.07) is 4.07. The largest absolute Gasteiger partial charge is 0.508 e. The Morgan fingerprint density at radius 2 is 1.06 bits per heavy atom. The van der Waals surface area contributed by atoms with Crippen LogP contribution in [0.2, 0.25) is 0 Å². The summed E-state index contributed by atoms with van der Waals surface area (Å²) in [5.74, 6) is -13.3. The number of phenols is 1. The number of nitrogens with one attached hydrogen (secondary N) is 10. The van der Waals surface area contributed by atoms with Crippen LogP contribution in [0.3, 0.4) is 0 Å². The van der Waals surface area contributed by atoms with Crippen molar-refractivity contribution < 1.29 is 82.1 Å². The first-order valence-corrected chi connectivity index (χ1v) is 43.2. The molecule has 3 aliphatic heterocycles. The number of hydrogen-bond acceptors (Lipinski definition) is 19. The molecule has 5 heterocycles. The number of Topliss-reactive ketones (excluding diaryl/α,β-unsaturated/α-hetero) is 1. The van der Waals surface area contributed by atoms with Crippen molar-refractivity contribution in [3.63, 3.8) is 0 Å². The van der Waals surface area contributed by atoms with Gasteiger partial charge >= 0.3 is 0 Å². The number of nitrogens with two attached hydrogens (primary N) is 3. The molecule has 672 valence electrons. The molecule has 3 fully saturated rings. The highest BCUT2D eigenvalue weighted by Crippen LogP contribution is 2.30. The minimum Gasteiger partial charge on any atom is -0.508 e. The van der Waals surface area contributed by atoms with Crippen LogP contribution in [0, 0.1) is 17.8 Å². The van der Waals surface area contributed by atoms with Crippen molar-refractivity contribution in [1.82, 2.24) is 77.0 Å². The number of primary amides is 1.